The molecule has 134 valence electrons. The zero-order valence-electron chi connectivity index (χ0n) is 14.5. The Hall–Kier alpha value is -1.79. The highest BCUT2D eigenvalue weighted by molar-refractivity contribution is 6.31. The van der Waals surface area contributed by atoms with E-state index < -0.39 is 5.97 Å². The molecule has 0 aliphatic heterocycles. The first-order valence-electron chi connectivity index (χ1n) is 8.09. The van der Waals surface area contributed by atoms with Crippen LogP contribution in [-0.2, 0) is 4.79 Å². The maximum atomic E-state index is 12.1. The third-order valence-corrected chi connectivity index (χ3v) is 4.32. The van der Waals surface area contributed by atoms with Gasteiger partial charge in [0, 0.05) is 25.2 Å². The van der Waals surface area contributed by atoms with Gasteiger partial charge in [0.05, 0.1) is 12.5 Å². The van der Waals surface area contributed by atoms with Crippen LogP contribution in [0.5, 0.6) is 0 Å². The largest absolute Gasteiger partial charge is 0.481 e. The van der Waals surface area contributed by atoms with Crippen LogP contribution in [0.3, 0.4) is 0 Å². The Kier molecular flexibility index (Phi) is 8.57. The smallest absolute Gasteiger partial charge is 0.317 e. The van der Waals surface area contributed by atoms with E-state index in [0.29, 0.717) is 11.6 Å². The van der Waals surface area contributed by atoms with Crippen LogP contribution in [0.15, 0.2) is 24.3 Å². The highest BCUT2D eigenvalue weighted by Gasteiger charge is 2.21. The Morgan fingerprint density at radius 3 is 2.42 bits per heavy atom. The number of benzene rings is 1. The van der Waals surface area contributed by atoms with Crippen molar-refractivity contribution in [3.8, 4) is 0 Å². The number of aliphatic carboxylic acids is 1. The SMILES string of the molecule is CCN(CC)C(CNC(=O)N(C)CCC(=O)O)c1ccccc1Cl. The standard InChI is InChI=1S/C17H26ClN3O3/c1-4-21(5-2)15(13-8-6-7-9-14(13)18)12-19-17(24)20(3)11-10-16(22)23/h6-9,15H,4-5,10-12H2,1-3H3,(H,19,24)(H,22,23). The molecule has 0 aliphatic carbocycles. The van der Waals surface area contributed by atoms with Crippen molar-refractivity contribution >= 4 is 23.6 Å². The zero-order valence-corrected chi connectivity index (χ0v) is 15.2. The molecule has 0 spiro atoms. The van der Waals surface area contributed by atoms with Crippen LogP contribution in [0.1, 0.15) is 31.9 Å². The molecule has 7 heteroatoms. The van der Waals surface area contributed by atoms with E-state index in [0.717, 1.165) is 18.7 Å². The summed E-state index contributed by atoms with van der Waals surface area (Å²) in [6, 6.07) is 7.29. The summed E-state index contributed by atoms with van der Waals surface area (Å²) in [5.41, 5.74) is 0.969. The maximum Gasteiger partial charge on any atom is 0.317 e. The first kappa shape index (κ1) is 20.3. The van der Waals surface area contributed by atoms with E-state index in [1.165, 1.54) is 4.90 Å². The van der Waals surface area contributed by atoms with Gasteiger partial charge in [-0.3, -0.25) is 9.69 Å². The van der Waals surface area contributed by atoms with E-state index >= 15 is 0 Å². The lowest BCUT2D eigenvalue weighted by molar-refractivity contribution is -0.137. The van der Waals surface area contributed by atoms with E-state index in [9.17, 15) is 9.59 Å². The normalized spacial score (nSPS) is 12.0. The second-order valence-corrected chi connectivity index (χ2v) is 5.92. The summed E-state index contributed by atoms with van der Waals surface area (Å²) < 4.78 is 0. The summed E-state index contributed by atoms with van der Waals surface area (Å²) in [5.74, 6) is -0.924. The molecule has 6 nitrogen and oxygen atoms in total. The van der Waals surface area contributed by atoms with E-state index in [1.807, 2.05) is 24.3 Å². The Balaban J connectivity index is 2.78. The van der Waals surface area contributed by atoms with Gasteiger partial charge in [-0.1, -0.05) is 43.6 Å². The number of rotatable bonds is 9. The van der Waals surface area contributed by atoms with Gasteiger partial charge in [-0.05, 0) is 24.7 Å². The van der Waals surface area contributed by atoms with Crippen LogP contribution in [-0.4, -0.2) is 60.1 Å². The van der Waals surface area contributed by atoms with E-state index in [-0.39, 0.29) is 25.0 Å². The molecule has 1 aromatic carbocycles. The molecule has 24 heavy (non-hydrogen) atoms. The van der Waals surface area contributed by atoms with Gasteiger partial charge in [-0.15, -0.1) is 0 Å². The number of nitrogens with zero attached hydrogens (tertiary/aromatic N) is 2. The van der Waals surface area contributed by atoms with Crippen molar-refractivity contribution in [3.63, 3.8) is 0 Å². The minimum atomic E-state index is -0.924. The molecular formula is C17H26ClN3O3. The van der Waals surface area contributed by atoms with Crippen LogP contribution in [0.2, 0.25) is 5.02 Å². The third kappa shape index (κ3) is 6.02. The molecular weight excluding hydrogens is 330 g/mol. The lowest BCUT2D eigenvalue weighted by Gasteiger charge is -2.31. The average molecular weight is 356 g/mol. The molecule has 0 fully saturated rings. The molecule has 1 unspecified atom stereocenters. The number of carboxylic acid groups (broad SMARTS) is 1. The van der Waals surface area contributed by atoms with Crippen LogP contribution in [0.4, 0.5) is 4.79 Å². The zero-order chi connectivity index (χ0) is 18.1. The fourth-order valence-corrected chi connectivity index (χ4v) is 2.79. The average Bonchev–Trinajstić information content (AvgIpc) is 2.57. The van der Waals surface area contributed by atoms with Crippen LogP contribution in [0, 0.1) is 0 Å². The first-order valence-corrected chi connectivity index (χ1v) is 8.47. The number of carbonyl (C=O) groups excluding carboxylic acids is 1. The second kappa shape index (κ2) is 10.2. The van der Waals surface area contributed by atoms with Gasteiger partial charge >= 0.3 is 12.0 Å². The van der Waals surface area contributed by atoms with Gasteiger partial charge in [-0.2, -0.15) is 0 Å². The van der Waals surface area contributed by atoms with E-state index in [4.69, 9.17) is 16.7 Å². The lowest BCUT2D eigenvalue weighted by atomic mass is 10.0. The maximum absolute atomic E-state index is 12.1. The number of halogens is 1. The minimum Gasteiger partial charge on any atom is -0.481 e. The molecule has 0 saturated carbocycles. The number of likely N-dealkylation sites (N-methyl/N-ethyl adjacent to an activating group) is 1. The van der Waals surface area contributed by atoms with Crippen LogP contribution in [0.25, 0.3) is 0 Å². The van der Waals surface area contributed by atoms with Gasteiger partial charge in [0.15, 0.2) is 0 Å². The molecule has 1 aromatic rings. The third-order valence-electron chi connectivity index (χ3n) is 3.97. The van der Waals surface area contributed by atoms with Crippen molar-refractivity contribution in [1.82, 2.24) is 15.1 Å². The number of nitrogens with one attached hydrogen (secondary N) is 1. The summed E-state index contributed by atoms with van der Waals surface area (Å²) in [5, 5.41) is 12.2. The Labute approximate surface area is 148 Å². The van der Waals surface area contributed by atoms with E-state index in [1.54, 1.807) is 7.05 Å². The highest BCUT2D eigenvalue weighted by atomic mass is 35.5. The monoisotopic (exact) mass is 355 g/mol. The molecule has 0 aliphatic rings. The summed E-state index contributed by atoms with van der Waals surface area (Å²) in [7, 11) is 1.58. The summed E-state index contributed by atoms with van der Waals surface area (Å²) in [6.07, 6.45) is -0.0755. The van der Waals surface area contributed by atoms with E-state index in [2.05, 4.69) is 24.1 Å². The lowest BCUT2D eigenvalue weighted by Crippen LogP contribution is -2.43. The highest BCUT2D eigenvalue weighted by Crippen LogP contribution is 2.26. The molecule has 1 rings (SSSR count). The summed E-state index contributed by atoms with van der Waals surface area (Å²) in [4.78, 5) is 26.3. The molecule has 0 saturated heterocycles. The van der Waals surface area contributed by atoms with Gasteiger partial charge in [0.2, 0.25) is 0 Å². The molecule has 2 amide bonds. The van der Waals surface area contributed by atoms with Crippen molar-refractivity contribution in [2.75, 3.05) is 33.2 Å². The number of amides is 2. The predicted molar refractivity (Wildman–Crippen MR) is 95.4 cm³/mol. The summed E-state index contributed by atoms with van der Waals surface area (Å²) in [6.45, 7) is 6.36. The van der Waals surface area contributed by atoms with Gasteiger partial charge in [0.25, 0.3) is 0 Å². The first-order chi connectivity index (χ1) is 11.4. The molecule has 0 radical (unpaired) electrons. The molecule has 1 atom stereocenters. The summed E-state index contributed by atoms with van der Waals surface area (Å²) >= 11 is 6.32. The van der Waals surface area contributed by atoms with Crippen LogP contribution < -0.4 is 5.32 Å². The van der Waals surface area contributed by atoms with Crippen molar-refractivity contribution < 1.29 is 14.7 Å². The molecule has 0 aromatic heterocycles. The van der Waals surface area contributed by atoms with Crippen molar-refractivity contribution in [1.29, 1.82) is 0 Å². The number of urea groups is 1. The van der Waals surface area contributed by atoms with Crippen molar-refractivity contribution in [2.45, 2.75) is 26.3 Å². The Morgan fingerprint density at radius 2 is 1.88 bits per heavy atom. The predicted octanol–water partition coefficient (Wildman–Crippen LogP) is 2.84. The molecule has 2 N–H and O–H groups in total. The Bertz CT molecular complexity index is 550. The van der Waals surface area contributed by atoms with Crippen LogP contribution >= 0.6 is 11.6 Å². The van der Waals surface area contributed by atoms with Gasteiger partial charge in [0.1, 0.15) is 0 Å². The quantitative estimate of drug-likeness (QED) is 0.714. The Morgan fingerprint density at radius 1 is 1.25 bits per heavy atom. The van der Waals surface area contributed by atoms with Gasteiger partial charge in [-0.25, -0.2) is 4.79 Å². The number of hydrogen-bond acceptors (Lipinski definition) is 3. The fraction of sp³-hybridized carbons (Fsp3) is 0.529. The molecule has 0 bridgehead atoms. The van der Waals surface area contributed by atoms with Crippen molar-refractivity contribution in [3.05, 3.63) is 34.9 Å². The number of carbonyl (C=O) groups is 2. The molecule has 0 heterocycles. The second-order valence-electron chi connectivity index (χ2n) is 5.51. The topological polar surface area (TPSA) is 72.9 Å². The van der Waals surface area contributed by atoms with Gasteiger partial charge < -0.3 is 15.3 Å². The van der Waals surface area contributed by atoms with Crippen molar-refractivity contribution in [2.24, 2.45) is 0 Å². The number of hydrogen-bond donors (Lipinski definition) is 2. The number of carboxylic acids is 1. The minimum absolute atomic E-state index is 0.0366. The fourth-order valence-electron chi connectivity index (χ4n) is 2.53.